The van der Waals surface area contributed by atoms with Gasteiger partial charge >= 0.3 is 0 Å². The number of ether oxygens (including phenoxy) is 1. The lowest BCUT2D eigenvalue weighted by Gasteiger charge is -2.45. The van der Waals surface area contributed by atoms with Gasteiger partial charge in [0.1, 0.15) is 11.5 Å². The number of carbonyl (C=O) groups is 2. The van der Waals surface area contributed by atoms with Crippen molar-refractivity contribution >= 4 is 22.6 Å². The van der Waals surface area contributed by atoms with Crippen molar-refractivity contribution < 1.29 is 27.3 Å². The highest BCUT2D eigenvalue weighted by atomic mass is 32.2. The standard InChI is InChI=1S/C31H38F2N2O4S.C2H6/c1-3-31(32,33)24-7-10-25(11-8-24)39-26-9-6-21-14-18-35(28(36)15-19-40(2)38)29(27(21)20-26)22-12-16-34(17-13-22)30(37)23-4-5-23;1-2/h6-11,20,22-23,29H,3-5,12-19H2,1-2H3;1-2H3. The highest BCUT2D eigenvalue weighted by Crippen LogP contribution is 2.43. The van der Waals surface area contributed by atoms with E-state index in [1.54, 1.807) is 18.4 Å². The molecule has 42 heavy (non-hydrogen) atoms. The molecule has 2 heterocycles. The van der Waals surface area contributed by atoms with Crippen LogP contribution >= 0.6 is 0 Å². The fourth-order valence-corrected chi connectivity index (χ4v) is 6.44. The molecule has 5 rings (SSSR count). The van der Waals surface area contributed by atoms with Crippen molar-refractivity contribution in [2.45, 2.75) is 77.7 Å². The van der Waals surface area contributed by atoms with Crippen LogP contribution in [0.3, 0.4) is 0 Å². The Kier molecular flexibility index (Phi) is 10.8. The summed E-state index contributed by atoms with van der Waals surface area (Å²) in [4.78, 5) is 30.0. The van der Waals surface area contributed by atoms with Crippen LogP contribution in [-0.4, -0.2) is 57.5 Å². The van der Waals surface area contributed by atoms with Crippen molar-refractivity contribution in [3.8, 4) is 11.5 Å². The van der Waals surface area contributed by atoms with Crippen molar-refractivity contribution in [1.29, 1.82) is 0 Å². The Balaban J connectivity index is 0.00000198. The summed E-state index contributed by atoms with van der Waals surface area (Å²) < 4.78 is 45.9. The Labute approximate surface area is 251 Å². The molecule has 1 saturated carbocycles. The molecule has 1 saturated heterocycles. The monoisotopic (exact) mass is 602 g/mol. The molecule has 0 radical (unpaired) electrons. The van der Waals surface area contributed by atoms with Gasteiger partial charge in [-0.3, -0.25) is 13.8 Å². The van der Waals surface area contributed by atoms with E-state index in [0.29, 0.717) is 43.3 Å². The van der Waals surface area contributed by atoms with Crippen LogP contribution in [0.1, 0.15) is 82.0 Å². The minimum atomic E-state index is -2.88. The van der Waals surface area contributed by atoms with Crippen LogP contribution in [0.5, 0.6) is 11.5 Å². The molecular weight excluding hydrogens is 558 g/mol. The van der Waals surface area contributed by atoms with Gasteiger partial charge in [-0.1, -0.05) is 26.8 Å². The molecule has 0 N–H and O–H groups in total. The first-order chi connectivity index (χ1) is 20.2. The van der Waals surface area contributed by atoms with Crippen molar-refractivity contribution in [1.82, 2.24) is 9.80 Å². The number of amides is 2. The summed E-state index contributed by atoms with van der Waals surface area (Å²) in [6.07, 6.45) is 5.89. The summed E-state index contributed by atoms with van der Waals surface area (Å²) in [5, 5.41) is 0. The number of rotatable bonds is 9. The van der Waals surface area contributed by atoms with E-state index in [-0.39, 0.29) is 48.1 Å². The maximum Gasteiger partial charge on any atom is 0.273 e. The van der Waals surface area contributed by atoms with Crippen molar-refractivity contribution in [3.05, 3.63) is 59.2 Å². The van der Waals surface area contributed by atoms with Gasteiger partial charge in [-0.05, 0) is 85.5 Å². The number of benzene rings is 2. The van der Waals surface area contributed by atoms with Gasteiger partial charge in [0, 0.05) is 66.8 Å². The molecule has 0 aromatic heterocycles. The van der Waals surface area contributed by atoms with Crippen LogP contribution in [-0.2, 0) is 32.7 Å². The van der Waals surface area contributed by atoms with Gasteiger partial charge in [-0.15, -0.1) is 0 Å². The Morgan fingerprint density at radius 3 is 2.21 bits per heavy atom. The number of carbonyl (C=O) groups excluding carboxylic acids is 2. The largest absolute Gasteiger partial charge is 0.457 e. The molecule has 2 aromatic rings. The summed E-state index contributed by atoms with van der Waals surface area (Å²) in [6, 6.07) is 11.7. The zero-order valence-electron chi connectivity index (χ0n) is 25.2. The zero-order chi connectivity index (χ0) is 30.4. The van der Waals surface area contributed by atoms with E-state index >= 15 is 0 Å². The lowest BCUT2D eigenvalue weighted by atomic mass is 9.79. The first-order valence-electron chi connectivity index (χ1n) is 15.3. The number of piperidine rings is 1. The van der Waals surface area contributed by atoms with Gasteiger partial charge in [0.15, 0.2) is 0 Å². The number of hydrogen-bond acceptors (Lipinski definition) is 4. The quantitative estimate of drug-likeness (QED) is 0.315. The average molecular weight is 603 g/mol. The molecule has 2 aromatic carbocycles. The second-order valence-corrected chi connectivity index (χ2v) is 12.8. The molecule has 0 spiro atoms. The molecule has 9 heteroatoms. The topological polar surface area (TPSA) is 66.9 Å². The predicted molar refractivity (Wildman–Crippen MR) is 162 cm³/mol. The molecular formula is C33H44F2N2O4S. The first-order valence-corrected chi connectivity index (χ1v) is 17.1. The molecule has 1 aliphatic carbocycles. The summed E-state index contributed by atoms with van der Waals surface area (Å²) in [7, 11) is -1.05. The molecule has 2 atom stereocenters. The van der Waals surface area contributed by atoms with Gasteiger partial charge < -0.3 is 14.5 Å². The van der Waals surface area contributed by atoms with Gasteiger partial charge in [-0.2, -0.15) is 0 Å². The molecule has 2 fully saturated rings. The Hall–Kier alpha value is -2.81. The smallest absolute Gasteiger partial charge is 0.273 e. The van der Waals surface area contributed by atoms with Gasteiger partial charge in [-0.25, -0.2) is 8.78 Å². The Morgan fingerprint density at radius 1 is 0.976 bits per heavy atom. The number of likely N-dealkylation sites (tertiary alicyclic amines) is 1. The number of fused-ring (bicyclic) bond motifs is 1. The minimum Gasteiger partial charge on any atom is -0.457 e. The van der Waals surface area contributed by atoms with Crippen LogP contribution in [0.15, 0.2) is 42.5 Å². The van der Waals surface area contributed by atoms with E-state index in [1.165, 1.54) is 19.1 Å². The van der Waals surface area contributed by atoms with Crippen LogP contribution in [0.25, 0.3) is 0 Å². The van der Waals surface area contributed by atoms with Crippen LogP contribution in [0.2, 0.25) is 0 Å². The molecule has 6 nitrogen and oxygen atoms in total. The third-order valence-corrected chi connectivity index (χ3v) is 9.28. The highest BCUT2D eigenvalue weighted by Gasteiger charge is 2.40. The molecule has 2 unspecified atom stereocenters. The number of alkyl halides is 2. The third-order valence-electron chi connectivity index (χ3n) is 8.50. The van der Waals surface area contributed by atoms with E-state index in [2.05, 4.69) is 0 Å². The van der Waals surface area contributed by atoms with E-state index in [0.717, 1.165) is 36.8 Å². The lowest BCUT2D eigenvalue weighted by molar-refractivity contribution is -0.138. The predicted octanol–water partition coefficient (Wildman–Crippen LogP) is 6.85. The Bertz CT molecular complexity index is 1260. The van der Waals surface area contributed by atoms with Crippen LogP contribution < -0.4 is 4.74 Å². The van der Waals surface area contributed by atoms with E-state index in [1.807, 2.05) is 41.8 Å². The minimum absolute atomic E-state index is 0.00102. The van der Waals surface area contributed by atoms with E-state index in [4.69, 9.17) is 4.74 Å². The molecule has 3 aliphatic rings. The van der Waals surface area contributed by atoms with Crippen molar-refractivity contribution in [3.63, 3.8) is 0 Å². The Morgan fingerprint density at radius 2 is 1.62 bits per heavy atom. The van der Waals surface area contributed by atoms with Gasteiger partial charge in [0.05, 0.1) is 6.04 Å². The fourth-order valence-electron chi connectivity index (χ4n) is 5.98. The van der Waals surface area contributed by atoms with E-state index in [9.17, 15) is 22.6 Å². The normalized spacial score (nSPS) is 19.8. The maximum atomic E-state index is 14.1. The summed E-state index contributed by atoms with van der Waals surface area (Å²) in [5.74, 6) is -0.847. The van der Waals surface area contributed by atoms with Gasteiger partial charge in [0.2, 0.25) is 11.8 Å². The van der Waals surface area contributed by atoms with E-state index < -0.39 is 16.7 Å². The number of hydrogen-bond donors (Lipinski definition) is 0. The lowest BCUT2D eigenvalue weighted by Crippen LogP contribution is -2.47. The summed E-state index contributed by atoms with van der Waals surface area (Å²) in [6.45, 7) is 7.44. The molecule has 230 valence electrons. The summed E-state index contributed by atoms with van der Waals surface area (Å²) >= 11 is 0. The fraction of sp³-hybridized carbons (Fsp3) is 0.576. The number of nitrogens with zero attached hydrogens (tertiary/aromatic N) is 2. The van der Waals surface area contributed by atoms with Crippen molar-refractivity contribution in [2.24, 2.45) is 11.8 Å². The maximum absolute atomic E-state index is 14.1. The zero-order valence-corrected chi connectivity index (χ0v) is 26.1. The van der Waals surface area contributed by atoms with Crippen LogP contribution in [0, 0.1) is 11.8 Å². The average Bonchev–Trinajstić information content (AvgIpc) is 3.86. The third kappa shape index (κ3) is 7.57. The molecule has 0 bridgehead atoms. The number of halogens is 2. The molecule has 2 amide bonds. The highest BCUT2D eigenvalue weighted by molar-refractivity contribution is 7.84. The van der Waals surface area contributed by atoms with Crippen molar-refractivity contribution in [2.75, 3.05) is 31.6 Å². The first kappa shape index (κ1) is 32.1. The second kappa shape index (κ2) is 14.1. The second-order valence-electron chi connectivity index (χ2n) is 11.3. The molecule has 2 aliphatic heterocycles. The summed E-state index contributed by atoms with van der Waals surface area (Å²) in [5.41, 5.74) is 2.16. The van der Waals surface area contributed by atoms with Crippen LogP contribution in [0.4, 0.5) is 8.78 Å². The van der Waals surface area contributed by atoms with Gasteiger partial charge in [0.25, 0.3) is 5.92 Å². The SMILES string of the molecule is CC.CCC(F)(F)c1ccc(Oc2ccc3c(c2)C(C2CCN(C(=O)C4CC4)CC2)N(C(=O)CCS(C)=O)CC3)cc1.